The summed E-state index contributed by atoms with van der Waals surface area (Å²) < 4.78 is 10.2. The predicted molar refractivity (Wildman–Crippen MR) is 64.4 cm³/mol. The molecule has 19 heavy (non-hydrogen) atoms. The molecule has 0 aromatic rings. The minimum atomic E-state index is -1.07. The van der Waals surface area contributed by atoms with Gasteiger partial charge in [-0.05, 0) is 0 Å². The molecule has 0 amide bonds. The van der Waals surface area contributed by atoms with E-state index in [0.717, 1.165) is 0 Å². The maximum atomic E-state index is 9.28. The Kier molecular flexibility index (Phi) is 10.3. The molecule has 0 spiro atoms. The Morgan fingerprint density at radius 3 is 1.37 bits per heavy atom. The highest BCUT2D eigenvalue weighted by Gasteiger charge is 2.30. The van der Waals surface area contributed by atoms with E-state index < -0.39 is 44.1 Å². The third-order valence-corrected chi connectivity index (χ3v) is 2.53. The van der Waals surface area contributed by atoms with E-state index in [0.29, 0.717) is 0 Å². The molecule has 0 rings (SSSR count). The molecule has 0 heterocycles. The fourth-order valence-electron chi connectivity index (χ4n) is 1.20. The lowest BCUT2D eigenvalue weighted by molar-refractivity contribution is -0.103. The molecule has 0 aliphatic heterocycles. The van der Waals surface area contributed by atoms with Gasteiger partial charge < -0.3 is 40.1 Å². The van der Waals surface area contributed by atoms with Gasteiger partial charge in [-0.3, -0.25) is 0 Å². The minimum absolute atomic E-state index is 0.0771. The lowest BCUT2D eigenvalue weighted by Crippen LogP contribution is -2.41. The topological polar surface area (TPSA) is 140 Å². The van der Waals surface area contributed by atoms with Gasteiger partial charge >= 0.3 is 0 Å². The van der Waals surface area contributed by atoms with Crippen LogP contribution in [0.15, 0.2) is 0 Å². The summed E-state index contributed by atoms with van der Waals surface area (Å²) in [6, 6.07) is 0. The predicted octanol–water partition coefficient (Wildman–Crippen LogP) is -3.30. The molecule has 8 heteroatoms. The van der Waals surface area contributed by atoms with E-state index in [4.69, 9.17) is 29.9 Å². The van der Waals surface area contributed by atoms with E-state index in [9.17, 15) is 10.2 Å². The van der Waals surface area contributed by atoms with E-state index >= 15 is 0 Å². The van der Waals surface area contributed by atoms with E-state index in [1.54, 1.807) is 0 Å². The summed E-state index contributed by atoms with van der Waals surface area (Å²) in [4.78, 5) is 0. The van der Waals surface area contributed by atoms with E-state index in [-0.39, 0.29) is 26.4 Å². The first-order valence-electron chi connectivity index (χ1n) is 5.98. The Morgan fingerprint density at radius 1 is 0.737 bits per heavy atom. The molecule has 0 aliphatic rings. The molecule has 0 aliphatic carbocycles. The fraction of sp³-hybridized carbons (Fsp3) is 1.00. The number of ether oxygens (including phenoxy) is 2. The molecule has 0 aromatic heterocycles. The summed E-state index contributed by atoms with van der Waals surface area (Å²) in [7, 11) is 0. The third kappa shape index (κ3) is 7.75. The van der Waals surface area contributed by atoms with E-state index in [2.05, 4.69) is 0 Å². The van der Waals surface area contributed by atoms with Crippen LogP contribution in [-0.4, -0.2) is 95.7 Å². The summed E-state index contributed by atoms with van der Waals surface area (Å²) in [5, 5.41) is 53.9. The standard InChI is InChI=1S/C11H24O8/c12-1-9(16)3-18-7-11(5-14,6-15)8-19-4-10(17)2-13/h9-10,12-17H,1-8H2. The largest absolute Gasteiger partial charge is 0.396 e. The van der Waals surface area contributed by atoms with E-state index in [1.807, 2.05) is 0 Å². The Bertz CT molecular complexity index is 191. The zero-order chi connectivity index (χ0) is 14.7. The van der Waals surface area contributed by atoms with Crippen molar-refractivity contribution in [1.29, 1.82) is 0 Å². The highest BCUT2D eigenvalue weighted by Crippen LogP contribution is 2.17. The lowest BCUT2D eigenvalue weighted by atomic mass is 9.92. The first-order chi connectivity index (χ1) is 9.03. The van der Waals surface area contributed by atoms with Crippen LogP contribution in [-0.2, 0) is 9.47 Å². The molecule has 0 bridgehead atoms. The summed E-state index contributed by atoms with van der Waals surface area (Å²) in [5.41, 5.74) is -1.07. The smallest absolute Gasteiger partial charge is 0.100 e. The molecule has 0 saturated heterocycles. The second-order valence-electron chi connectivity index (χ2n) is 4.52. The maximum absolute atomic E-state index is 9.28. The Balaban J connectivity index is 4.10. The minimum Gasteiger partial charge on any atom is -0.396 e. The zero-order valence-electron chi connectivity index (χ0n) is 10.8. The molecule has 0 radical (unpaired) electrons. The van der Waals surface area contributed by atoms with Crippen LogP contribution in [0, 0.1) is 5.41 Å². The highest BCUT2D eigenvalue weighted by atomic mass is 16.5. The van der Waals surface area contributed by atoms with Crippen molar-refractivity contribution in [2.75, 3.05) is 52.9 Å². The van der Waals surface area contributed by atoms with Crippen molar-refractivity contribution in [1.82, 2.24) is 0 Å². The van der Waals surface area contributed by atoms with Crippen LogP contribution in [0.25, 0.3) is 0 Å². The van der Waals surface area contributed by atoms with Crippen molar-refractivity contribution in [2.24, 2.45) is 5.41 Å². The number of aliphatic hydroxyl groups excluding tert-OH is 6. The molecule has 8 nitrogen and oxygen atoms in total. The van der Waals surface area contributed by atoms with Gasteiger partial charge in [-0.2, -0.15) is 0 Å². The second-order valence-corrected chi connectivity index (χ2v) is 4.52. The first-order valence-corrected chi connectivity index (χ1v) is 5.98. The van der Waals surface area contributed by atoms with Crippen LogP contribution in [0.1, 0.15) is 0 Å². The normalized spacial score (nSPS) is 15.5. The van der Waals surface area contributed by atoms with Crippen LogP contribution in [0.2, 0.25) is 0 Å². The second kappa shape index (κ2) is 10.5. The lowest BCUT2D eigenvalue weighted by Gasteiger charge is -2.29. The van der Waals surface area contributed by atoms with Gasteiger partial charge in [0.2, 0.25) is 0 Å². The third-order valence-electron chi connectivity index (χ3n) is 2.53. The average Bonchev–Trinajstić information content (AvgIpc) is 2.45. The van der Waals surface area contributed by atoms with Gasteiger partial charge in [-0.25, -0.2) is 0 Å². The molecular formula is C11H24O8. The maximum Gasteiger partial charge on any atom is 0.100 e. The number of aliphatic hydroxyl groups is 6. The number of hydrogen-bond donors (Lipinski definition) is 6. The summed E-state index contributed by atoms with van der Waals surface area (Å²) in [6.45, 7) is -2.11. The zero-order valence-corrected chi connectivity index (χ0v) is 10.8. The van der Waals surface area contributed by atoms with Crippen LogP contribution < -0.4 is 0 Å². The van der Waals surface area contributed by atoms with Gasteiger partial charge in [0.1, 0.15) is 12.2 Å². The summed E-state index contributed by atoms with van der Waals surface area (Å²) >= 11 is 0. The first kappa shape index (κ1) is 18.7. The van der Waals surface area contributed by atoms with Crippen LogP contribution in [0.3, 0.4) is 0 Å². The molecule has 116 valence electrons. The molecule has 0 saturated carbocycles. The molecule has 0 aromatic carbocycles. The SMILES string of the molecule is OCC(O)COCC(CO)(CO)COCC(O)CO. The number of hydrogen-bond acceptors (Lipinski definition) is 8. The van der Waals surface area contributed by atoms with Crippen molar-refractivity contribution in [3.05, 3.63) is 0 Å². The molecule has 0 fully saturated rings. The van der Waals surface area contributed by atoms with Crippen molar-refractivity contribution in [3.8, 4) is 0 Å². The van der Waals surface area contributed by atoms with Crippen molar-refractivity contribution in [2.45, 2.75) is 12.2 Å². The number of rotatable bonds is 12. The van der Waals surface area contributed by atoms with Gasteiger partial charge in [-0.1, -0.05) is 0 Å². The molecule has 2 atom stereocenters. The van der Waals surface area contributed by atoms with Gasteiger partial charge in [0.05, 0.1) is 58.3 Å². The van der Waals surface area contributed by atoms with Gasteiger partial charge in [0.25, 0.3) is 0 Å². The van der Waals surface area contributed by atoms with Crippen LogP contribution in [0.5, 0.6) is 0 Å². The Hall–Kier alpha value is -0.320. The Morgan fingerprint density at radius 2 is 1.11 bits per heavy atom. The average molecular weight is 284 g/mol. The monoisotopic (exact) mass is 284 g/mol. The summed E-state index contributed by atoms with van der Waals surface area (Å²) in [5.74, 6) is 0. The summed E-state index contributed by atoms with van der Waals surface area (Å²) in [6.07, 6.45) is -2.04. The highest BCUT2D eigenvalue weighted by molar-refractivity contribution is 4.78. The molecular weight excluding hydrogens is 260 g/mol. The van der Waals surface area contributed by atoms with Crippen LogP contribution in [0.4, 0.5) is 0 Å². The van der Waals surface area contributed by atoms with Gasteiger partial charge in [0, 0.05) is 0 Å². The van der Waals surface area contributed by atoms with Crippen molar-refractivity contribution in [3.63, 3.8) is 0 Å². The Labute approximate surface area is 111 Å². The van der Waals surface area contributed by atoms with E-state index in [1.165, 1.54) is 0 Å². The molecule has 6 N–H and O–H groups in total. The van der Waals surface area contributed by atoms with Crippen molar-refractivity contribution >= 4 is 0 Å². The molecule has 2 unspecified atom stereocenters. The fourth-order valence-corrected chi connectivity index (χ4v) is 1.20. The quantitative estimate of drug-likeness (QED) is 0.219. The van der Waals surface area contributed by atoms with Gasteiger partial charge in [0.15, 0.2) is 0 Å². The van der Waals surface area contributed by atoms with Crippen molar-refractivity contribution < 1.29 is 40.1 Å². The van der Waals surface area contributed by atoms with Crippen LogP contribution >= 0.6 is 0 Å². The van der Waals surface area contributed by atoms with Gasteiger partial charge in [-0.15, -0.1) is 0 Å².